The molecule has 5 heteroatoms. The number of hydrogen-bond acceptors (Lipinski definition) is 4. The predicted octanol–water partition coefficient (Wildman–Crippen LogP) is 1.64. The standard InChI is InChI=1S/C16H15NO4/c1-16(9-20-16)13(14(17)18)21-15(19)12-8-4-6-10-5-2-3-7-11(10)12/h2-8,13H,9H2,1H3,(H2,17,18)/t13-,16+/m1/s1. The molecule has 2 aromatic rings. The molecule has 0 unspecified atom stereocenters. The Hall–Kier alpha value is -2.40. The molecule has 108 valence electrons. The molecule has 0 aliphatic carbocycles. The second kappa shape index (κ2) is 4.86. The van der Waals surface area contributed by atoms with Crippen molar-refractivity contribution in [3.63, 3.8) is 0 Å². The van der Waals surface area contributed by atoms with Gasteiger partial charge < -0.3 is 15.2 Å². The molecule has 1 aliphatic heterocycles. The Morgan fingerprint density at radius 3 is 2.57 bits per heavy atom. The van der Waals surface area contributed by atoms with Gasteiger partial charge >= 0.3 is 5.97 Å². The molecule has 2 atom stereocenters. The molecule has 0 spiro atoms. The van der Waals surface area contributed by atoms with E-state index in [-0.39, 0.29) is 0 Å². The van der Waals surface area contributed by atoms with Crippen molar-refractivity contribution in [1.82, 2.24) is 0 Å². The van der Waals surface area contributed by atoms with E-state index in [9.17, 15) is 9.59 Å². The molecule has 0 aromatic heterocycles. The lowest BCUT2D eigenvalue weighted by Gasteiger charge is -2.18. The fourth-order valence-electron chi connectivity index (χ4n) is 2.32. The van der Waals surface area contributed by atoms with E-state index in [4.69, 9.17) is 15.2 Å². The maximum Gasteiger partial charge on any atom is 0.339 e. The van der Waals surface area contributed by atoms with Crippen molar-refractivity contribution in [2.75, 3.05) is 6.61 Å². The van der Waals surface area contributed by atoms with Gasteiger partial charge in [-0.05, 0) is 23.8 Å². The summed E-state index contributed by atoms with van der Waals surface area (Å²) >= 11 is 0. The molecule has 21 heavy (non-hydrogen) atoms. The Morgan fingerprint density at radius 2 is 1.90 bits per heavy atom. The second-order valence-corrected chi connectivity index (χ2v) is 5.32. The van der Waals surface area contributed by atoms with Crippen molar-refractivity contribution in [3.8, 4) is 0 Å². The third-order valence-electron chi connectivity index (χ3n) is 3.65. The summed E-state index contributed by atoms with van der Waals surface area (Å²) in [6.45, 7) is 2.04. The quantitative estimate of drug-likeness (QED) is 0.684. The van der Waals surface area contributed by atoms with Gasteiger partial charge in [0.2, 0.25) is 6.10 Å². The van der Waals surface area contributed by atoms with Gasteiger partial charge in [-0.15, -0.1) is 0 Å². The molecule has 1 amide bonds. The van der Waals surface area contributed by atoms with Gasteiger partial charge in [0.15, 0.2) is 0 Å². The van der Waals surface area contributed by atoms with E-state index in [1.54, 1.807) is 19.1 Å². The highest BCUT2D eigenvalue weighted by atomic mass is 16.6. The van der Waals surface area contributed by atoms with Gasteiger partial charge in [-0.2, -0.15) is 0 Å². The number of esters is 1. The van der Waals surface area contributed by atoms with Crippen LogP contribution in [0.5, 0.6) is 0 Å². The van der Waals surface area contributed by atoms with E-state index in [2.05, 4.69) is 0 Å². The third kappa shape index (κ3) is 2.48. The van der Waals surface area contributed by atoms with E-state index in [1.165, 1.54) is 0 Å². The number of ether oxygens (including phenoxy) is 2. The monoisotopic (exact) mass is 285 g/mol. The molecule has 1 saturated heterocycles. The minimum absolute atomic E-state index is 0.351. The normalized spacial score (nSPS) is 21.8. The van der Waals surface area contributed by atoms with Gasteiger partial charge in [0.05, 0.1) is 12.2 Å². The highest BCUT2D eigenvalue weighted by Gasteiger charge is 2.52. The zero-order valence-electron chi connectivity index (χ0n) is 11.5. The fourth-order valence-corrected chi connectivity index (χ4v) is 2.32. The number of amides is 1. The first-order valence-electron chi connectivity index (χ1n) is 6.63. The van der Waals surface area contributed by atoms with Crippen molar-refractivity contribution in [3.05, 3.63) is 48.0 Å². The first-order chi connectivity index (χ1) is 10.0. The number of carbonyl (C=O) groups is 2. The number of primary amides is 1. The van der Waals surface area contributed by atoms with Crippen LogP contribution in [0, 0.1) is 0 Å². The predicted molar refractivity (Wildman–Crippen MR) is 76.7 cm³/mol. The van der Waals surface area contributed by atoms with Crippen LogP contribution in [0.3, 0.4) is 0 Å². The van der Waals surface area contributed by atoms with Crippen molar-refractivity contribution in [2.45, 2.75) is 18.6 Å². The van der Waals surface area contributed by atoms with E-state index in [1.807, 2.05) is 30.3 Å². The molecule has 2 N–H and O–H groups in total. The maximum atomic E-state index is 12.4. The topological polar surface area (TPSA) is 81.9 Å². The third-order valence-corrected chi connectivity index (χ3v) is 3.65. The molecular weight excluding hydrogens is 270 g/mol. The number of carbonyl (C=O) groups excluding carboxylic acids is 2. The largest absolute Gasteiger partial charge is 0.445 e. The lowest BCUT2D eigenvalue weighted by molar-refractivity contribution is -0.129. The molecule has 0 bridgehead atoms. The van der Waals surface area contributed by atoms with Crippen LogP contribution in [0.1, 0.15) is 17.3 Å². The Balaban J connectivity index is 1.92. The average molecular weight is 285 g/mol. The number of nitrogens with two attached hydrogens (primary N) is 1. The van der Waals surface area contributed by atoms with Crippen LogP contribution in [-0.2, 0) is 14.3 Å². The molecule has 1 heterocycles. The zero-order valence-corrected chi connectivity index (χ0v) is 11.5. The Morgan fingerprint density at radius 1 is 1.24 bits per heavy atom. The fraction of sp³-hybridized carbons (Fsp3) is 0.250. The van der Waals surface area contributed by atoms with Crippen molar-refractivity contribution < 1.29 is 19.1 Å². The molecule has 2 aromatic carbocycles. The van der Waals surface area contributed by atoms with Crippen LogP contribution in [0.25, 0.3) is 10.8 Å². The smallest absolute Gasteiger partial charge is 0.339 e. The number of hydrogen-bond donors (Lipinski definition) is 1. The SMILES string of the molecule is C[C@@]1([C@H](OC(=O)c2cccc3ccccc23)C(N)=O)CO1. The number of epoxide rings is 1. The van der Waals surface area contributed by atoms with Gasteiger partial charge in [0.25, 0.3) is 5.91 Å². The lowest BCUT2D eigenvalue weighted by atomic mass is 10.0. The van der Waals surface area contributed by atoms with E-state index >= 15 is 0 Å². The Bertz CT molecular complexity index is 716. The van der Waals surface area contributed by atoms with Crippen molar-refractivity contribution in [1.29, 1.82) is 0 Å². The van der Waals surface area contributed by atoms with Crippen molar-refractivity contribution >= 4 is 22.6 Å². The molecule has 1 fully saturated rings. The molecule has 5 nitrogen and oxygen atoms in total. The number of fused-ring (bicyclic) bond motifs is 1. The molecular formula is C16H15NO4. The van der Waals surface area contributed by atoms with Crippen LogP contribution in [0.2, 0.25) is 0 Å². The molecule has 3 rings (SSSR count). The highest BCUT2D eigenvalue weighted by Crippen LogP contribution is 2.33. The summed E-state index contributed by atoms with van der Waals surface area (Å²) in [7, 11) is 0. The summed E-state index contributed by atoms with van der Waals surface area (Å²) in [5, 5.41) is 1.70. The minimum Gasteiger partial charge on any atom is -0.445 e. The lowest BCUT2D eigenvalue weighted by Crippen LogP contribution is -2.43. The van der Waals surface area contributed by atoms with E-state index in [0.717, 1.165) is 10.8 Å². The van der Waals surface area contributed by atoms with Crippen LogP contribution in [0.4, 0.5) is 0 Å². The van der Waals surface area contributed by atoms with Gasteiger partial charge in [-0.1, -0.05) is 36.4 Å². The summed E-state index contributed by atoms with van der Waals surface area (Å²) in [4.78, 5) is 23.8. The van der Waals surface area contributed by atoms with Crippen molar-refractivity contribution in [2.24, 2.45) is 5.73 Å². The molecule has 0 saturated carbocycles. The van der Waals surface area contributed by atoms with Gasteiger partial charge in [-0.3, -0.25) is 4.79 Å². The summed E-state index contributed by atoms with van der Waals surface area (Å²) in [6.07, 6.45) is -1.08. The highest BCUT2D eigenvalue weighted by molar-refractivity contribution is 6.05. The maximum absolute atomic E-state index is 12.4. The van der Waals surface area contributed by atoms with Crippen LogP contribution in [0.15, 0.2) is 42.5 Å². The summed E-state index contributed by atoms with van der Waals surface area (Å²) in [6, 6.07) is 12.8. The average Bonchev–Trinajstić information content (AvgIpc) is 3.22. The molecule has 0 radical (unpaired) electrons. The molecule has 1 aliphatic rings. The zero-order chi connectivity index (χ0) is 15.0. The van der Waals surface area contributed by atoms with E-state index in [0.29, 0.717) is 12.2 Å². The minimum atomic E-state index is -1.08. The Labute approximate surface area is 121 Å². The van der Waals surface area contributed by atoms with Crippen LogP contribution in [-0.4, -0.2) is 30.2 Å². The van der Waals surface area contributed by atoms with Crippen LogP contribution < -0.4 is 5.73 Å². The van der Waals surface area contributed by atoms with Crippen LogP contribution >= 0.6 is 0 Å². The summed E-state index contributed by atoms with van der Waals surface area (Å²) < 4.78 is 10.5. The van der Waals surface area contributed by atoms with E-state index < -0.39 is 23.6 Å². The van der Waals surface area contributed by atoms with Gasteiger partial charge in [-0.25, -0.2) is 4.79 Å². The summed E-state index contributed by atoms with van der Waals surface area (Å²) in [5.41, 5.74) is 4.91. The van der Waals surface area contributed by atoms with Gasteiger partial charge in [0.1, 0.15) is 5.60 Å². The van der Waals surface area contributed by atoms with Gasteiger partial charge in [0, 0.05) is 0 Å². The second-order valence-electron chi connectivity index (χ2n) is 5.32. The first-order valence-corrected chi connectivity index (χ1v) is 6.63. The first kappa shape index (κ1) is 13.6. The Kier molecular flexibility index (Phi) is 3.14. The number of benzene rings is 2. The number of rotatable bonds is 4. The summed E-state index contributed by atoms with van der Waals surface area (Å²) in [5.74, 6) is -1.28.